The summed E-state index contributed by atoms with van der Waals surface area (Å²) in [6.07, 6.45) is 1.27. The smallest absolute Gasteiger partial charge is 0.259 e. The van der Waals surface area contributed by atoms with Crippen molar-refractivity contribution in [1.29, 1.82) is 5.26 Å². The summed E-state index contributed by atoms with van der Waals surface area (Å²) < 4.78 is 26.1. The summed E-state index contributed by atoms with van der Waals surface area (Å²) in [6, 6.07) is 7.42. The van der Waals surface area contributed by atoms with Gasteiger partial charge in [0.25, 0.3) is 5.91 Å². The second-order valence-corrected chi connectivity index (χ2v) is 3.62. The first kappa shape index (κ1) is 12.6. The Morgan fingerprint density at radius 1 is 1.26 bits per heavy atom. The molecule has 0 saturated carbocycles. The number of rotatable bonds is 2. The predicted molar refractivity (Wildman–Crippen MR) is 63.3 cm³/mol. The lowest BCUT2D eigenvalue weighted by Gasteiger charge is -2.05. The Morgan fingerprint density at radius 2 is 2.05 bits per heavy atom. The normalized spacial score (nSPS) is 9.74. The molecule has 0 aliphatic heterocycles. The highest BCUT2D eigenvalue weighted by molar-refractivity contribution is 6.03. The van der Waals surface area contributed by atoms with Gasteiger partial charge in [0.15, 0.2) is 0 Å². The van der Waals surface area contributed by atoms with Crippen LogP contribution in [-0.2, 0) is 0 Å². The van der Waals surface area contributed by atoms with E-state index in [1.807, 2.05) is 6.07 Å². The number of nitriles is 1. The molecule has 1 aromatic heterocycles. The van der Waals surface area contributed by atoms with Crippen LogP contribution in [0.4, 0.5) is 14.6 Å². The number of carbonyl (C=O) groups excluding carboxylic acids is 1. The third kappa shape index (κ3) is 2.90. The number of amides is 1. The van der Waals surface area contributed by atoms with E-state index in [4.69, 9.17) is 5.26 Å². The van der Waals surface area contributed by atoms with Crippen molar-refractivity contribution in [2.75, 3.05) is 5.32 Å². The van der Waals surface area contributed by atoms with Crippen LogP contribution in [-0.4, -0.2) is 10.9 Å². The Bertz CT molecular complexity index is 663. The molecule has 1 N–H and O–H groups in total. The maximum absolute atomic E-state index is 13.4. The van der Waals surface area contributed by atoms with Crippen LogP contribution in [0.15, 0.2) is 36.5 Å². The van der Waals surface area contributed by atoms with Gasteiger partial charge in [0.05, 0.1) is 11.1 Å². The van der Waals surface area contributed by atoms with Crippen molar-refractivity contribution in [2.24, 2.45) is 0 Å². The van der Waals surface area contributed by atoms with Gasteiger partial charge in [-0.25, -0.2) is 13.8 Å². The first-order valence-electron chi connectivity index (χ1n) is 5.22. The zero-order chi connectivity index (χ0) is 13.8. The lowest BCUT2D eigenvalue weighted by Crippen LogP contribution is -2.14. The molecule has 1 amide bonds. The molecule has 94 valence electrons. The fraction of sp³-hybridized carbons (Fsp3) is 0. The Kier molecular flexibility index (Phi) is 3.48. The second kappa shape index (κ2) is 5.23. The number of hydrogen-bond acceptors (Lipinski definition) is 3. The number of aromatic nitrogens is 1. The van der Waals surface area contributed by atoms with Crippen molar-refractivity contribution in [2.45, 2.75) is 0 Å². The van der Waals surface area contributed by atoms with Crippen LogP contribution in [0, 0.1) is 23.0 Å². The van der Waals surface area contributed by atoms with Gasteiger partial charge >= 0.3 is 0 Å². The van der Waals surface area contributed by atoms with Gasteiger partial charge in [-0.15, -0.1) is 0 Å². The molecule has 0 atom stereocenters. The van der Waals surface area contributed by atoms with Crippen LogP contribution < -0.4 is 5.32 Å². The third-order valence-corrected chi connectivity index (χ3v) is 2.31. The van der Waals surface area contributed by atoms with E-state index in [0.717, 1.165) is 12.1 Å². The summed E-state index contributed by atoms with van der Waals surface area (Å²) in [6.45, 7) is 0. The van der Waals surface area contributed by atoms with E-state index in [1.54, 1.807) is 0 Å². The minimum Gasteiger partial charge on any atom is -0.306 e. The Hall–Kier alpha value is -2.81. The Morgan fingerprint density at radius 3 is 2.63 bits per heavy atom. The monoisotopic (exact) mass is 259 g/mol. The zero-order valence-electron chi connectivity index (χ0n) is 9.52. The van der Waals surface area contributed by atoms with Crippen LogP contribution in [0.5, 0.6) is 0 Å². The molecular formula is C13H7F2N3O. The van der Waals surface area contributed by atoms with E-state index in [9.17, 15) is 13.6 Å². The maximum Gasteiger partial charge on any atom is 0.259 e. The second-order valence-electron chi connectivity index (χ2n) is 3.62. The highest BCUT2D eigenvalue weighted by Gasteiger charge is 2.13. The van der Waals surface area contributed by atoms with E-state index < -0.39 is 17.5 Å². The molecule has 0 aliphatic carbocycles. The van der Waals surface area contributed by atoms with Crippen molar-refractivity contribution in [3.05, 3.63) is 59.3 Å². The minimum absolute atomic E-state index is 0.174. The summed E-state index contributed by atoms with van der Waals surface area (Å²) in [5.74, 6) is -2.28. The van der Waals surface area contributed by atoms with Crippen molar-refractivity contribution >= 4 is 11.7 Å². The number of carbonyl (C=O) groups is 1. The van der Waals surface area contributed by atoms with E-state index in [1.165, 1.54) is 18.3 Å². The van der Waals surface area contributed by atoms with Crippen LogP contribution in [0.25, 0.3) is 0 Å². The fourth-order valence-corrected chi connectivity index (χ4v) is 1.39. The van der Waals surface area contributed by atoms with E-state index >= 15 is 0 Å². The number of pyridine rings is 1. The van der Waals surface area contributed by atoms with E-state index in [-0.39, 0.29) is 11.4 Å². The summed E-state index contributed by atoms with van der Waals surface area (Å²) in [7, 11) is 0. The van der Waals surface area contributed by atoms with E-state index in [2.05, 4.69) is 10.3 Å². The van der Waals surface area contributed by atoms with Gasteiger partial charge in [-0.05, 0) is 24.3 Å². The quantitative estimate of drug-likeness (QED) is 0.901. The van der Waals surface area contributed by atoms with Crippen molar-refractivity contribution in [3.8, 4) is 6.07 Å². The minimum atomic E-state index is -0.953. The number of benzene rings is 1. The molecule has 4 nitrogen and oxygen atoms in total. The molecule has 0 bridgehead atoms. The van der Waals surface area contributed by atoms with Crippen molar-refractivity contribution < 1.29 is 13.6 Å². The average molecular weight is 259 g/mol. The standard InChI is InChI=1S/C13H7F2N3O/c14-9-2-3-10(11(15)5-9)13(19)18-12-4-1-8(6-16)7-17-12/h1-5,7H,(H,17,18,19). The maximum atomic E-state index is 13.4. The number of nitrogens with one attached hydrogen (secondary N) is 1. The molecule has 19 heavy (non-hydrogen) atoms. The van der Waals surface area contributed by atoms with Crippen LogP contribution in [0.1, 0.15) is 15.9 Å². The van der Waals surface area contributed by atoms with Gasteiger partial charge < -0.3 is 5.32 Å². The summed E-state index contributed by atoms with van der Waals surface area (Å²) >= 11 is 0. The molecule has 0 aliphatic rings. The SMILES string of the molecule is N#Cc1ccc(NC(=O)c2ccc(F)cc2F)nc1. The molecule has 2 rings (SSSR count). The van der Waals surface area contributed by atoms with Gasteiger partial charge in [-0.1, -0.05) is 0 Å². The van der Waals surface area contributed by atoms with Gasteiger partial charge in [0.1, 0.15) is 23.5 Å². The summed E-state index contributed by atoms with van der Waals surface area (Å²) in [5, 5.41) is 10.9. The average Bonchev–Trinajstić information content (AvgIpc) is 2.39. The number of nitrogens with zero attached hydrogens (tertiary/aromatic N) is 2. The molecule has 0 fully saturated rings. The molecule has 0 radical (unpaired) electrons. The first-order chi connectivity index (χ1) is 9.10. The molecule has 6 heteroatoms. The highest BCUT2D eigenvalue weighted by atomic mass is 19.1. The zero-order valence-corrected chi connectivity index (χ0v) is 9.52. The Balaban J connectivity index is 2.18. The highest BCUT2D eigenvalue weighted by Crippen LogP contribution is 2.12. The molecule has 2 aromatic rings. The van der Waals surface area contributed by atoms with Gasteiger partial charge in [0.2, 0.25) is 0 Å². The van der Waals surface area contributed by atoms with Gasteiger partial charge in [-0.3, -0.25) is 4.79 Å². The largest absolute Gasteiger partial charge is 0.306 e. The van der Waals surface area contributed by atoms with Crippen LogP contribution in [0.2, 0.25) is 0 Å². The molecule has 1 aromatic carbocycles. The molecular weight excluding hydrogens is 252 g/mol. The van der Waals surface area contributed by atoms with Gasteiger partial charge in [0, 0.05) is 12.3 Å². The van der Waals surface area contributed by atoms with Gasteiger partial charge in [-0.2, -0.15) is 5.26 Å². The van der Waals surface area contributed by atoms with E-state index in [0.29, 0.717) is 11.6 Å². The molecule has 0 spiro atoms. The topological polar surface area (TPSA) is 65.8 Å². The number of hydrogen-bond donors (Lipinski definition) is 1. The van der Waals surface area contributed by atoms with Crippen molar-refractivity contribution in [1.82, 2.24) is 4.98 Å². The van der Waals surface area contributed by atoms with Crippen LogP contribution >= 0.6 is 0 Å². The molecule has 1 heterocycles. The molecule has 0 unspecified atom stereocenters. The number of halogens is 2. The first-order valence-corrected chi connectivity index (χ1v) is 5.22. The third-order valence-electron chi connectivity index (χ3n) is 2.31. The molecule has 0 saturated heterocycles. The summed E-state index contributed by atoms with van der Waals surface area (Å²) in [5.41, 5.74) is 0.0542. The summed E-state index contributed by atoms with van der Waals surface area (Å²) in [4.78, 5) is 15.5. The Labute approximate surface area is 107 Å². The van der Waals surface area contributed by atoms with Crippen LogP contribution in [0.3, 0.4) is 0 Å². The van der Waals surface area contributed by atoms with Crippen molar-refractivity contribution in [3.63, 3.8) is 0 Å². The lowest BCUT2D eigenvalue weighted by molar-refractivity contribution is 0.102. The number of anilines is 1. The predicted octanol–water partition coefficient (Wildman–Crippen LogP) is 2.48. The fourth-order valence-electron chi connectivity index (χ4n) is 1.39. The lowest BCUT2D eigenvalue weighted by atomic mass is 10.2.